The minimum Gasteiger partial charge on any atom is -0.481 e. The summed E-state index contributed by atoms with van der Waals surface area (Å²) >= 11 is 0. The number of benzene rings is 1. The van der Waals surface area contributed by atoms with Crippen LogP contribution in [0.1, 0.15) is 24.2 Å². The number of carboxylic acids is 1. The van der Waals surface area contributed by atoms with Gasteiger partial charge < -0.3 is 10.4 Å². The van der Waals surface area contributed by atoms with Gasteiger partial charge in [0.05, 0.1) is 10.8 Å². The van der Waals surface area contributed by atoms with Crippen LogP contribution in [0, 0.1) is 11.8 Å². The topological polar surface area (TPSA) is 101 Å². The average molecular weight is 313 g/mol. The molecule has 1 amide bonds. The zero-order valence-electron chi connectivity index (χ0n) is 12.2. The zero-order valence-corrected chi connectivity index (χ0v) is 13.0. The second kappa shape index (κ2) is 6.71. The van der Waals surface area contributed by atoms with Crippen molar-refractivity contribution < 1.29 is 23.1 Å². The molecule has 1 aromatic rings. The molecule has 7 heteroatoms. The van der Waals surface area contributed by atoms with Gasteiger partial charge in [0.15, 0.2) is 9.84 Å². The molecule has 6 nitrogen and oxygen atoms in total. The molecular weight excluding hydrogens is 294 g/mol. The van der Waals surface area contributed by atoms with Crippen LogP contribution in [0.2, 0.25) is 0 Å². The molecule has 21 heavy (non-hydrogen) atoms. The van der Waals surface area contributed by atoms with E-state index < -0.39 is 27.6 Å². The highest BCUT2D eigenvalue weighted by Gasteiger charge is 2.22. The van der Waals surface area contributed by atoms with Crippen molar-refractivity contribution >= 4 is 21.7 Å². The largest absolute Gasteiger partial charge is 0.481 e. The summed E-state index contributed by atoms with van der Waals surface area (Å²) in [7, 11) is -3.39. The van der Waals surface area contributed by atoms with E-state index >= 15 is 0 Å². The van der Waals surface area contributed by atoms with E-state index in [1.165, 1.54) is 24.3 Å². The average Bonchev–Trinajstić information content (AvgIpc) is 2.37. The normalized spacial score (nSPS) is 13.0. The number of carbonyl (C=O) groups excluding carboxylic acids is 1. The minimum atomic E-state index is -3.39. The van der Waals surface area contributed by atoms with Gasteiger partial charge in [-0.3, -0.25) is 9.59 Å². The number of amides is 1. The van der Waals surface area contributed by atoms with Crippen LogP contribution < -0.4 is 5.32 Å². The Morgan fingerprint density at radius 3 is 2.38 bits per heavy atom. The first kappa shape index (κ1) is 17.2. The molecule has 1 atom stereocenters. The maximum atomic E-state index is 12.0. The van der Waals surface area contributed by atoms with Gasteiger partial charge in [-0.05, 0) is 24.1 Å². The van der Waals surface area contributed by atoms with Gasteiger partial charge >= 0.3 is 5.97 Å². The number of aliphatic carboxylic acids is 1. The van der Waals surface area contributed by atoms with Gasteiger partial charge in [0.2, 0.25) is 0 Å². The van der Waals surface area contributed by atoms with Gasteiger partial charge in [-0.1, -0.05) is 19.9 Å². The zero-order chi connectivity index (χ0) is 16.2. The molecule has 0 heterocycles. The maximum Gasteiger partial charge on any atom is 0.308 e. The van der Waals surface area contributed by atoms with Crippen molar-refractivity contribution in [2.75, 3.05) is 12.8 Å². The first-order chi connectivity index (χ1) is 9.62. The Morgan fingerprint density at radius 2 is 1.90 bits per heavy atom. The Bertz CT molecular complexity index is 637. The van der Waals surface area contributed by atoms with Crippen LogP contribution in [0.5, 0.6) is 0 Å². The van der Waals surface area contributed by atoms with Crippen molar-refractivity contribution in [2.24, 2.45) is 11.8 Å². The fourth-order valence-electron chi connectivity index (χ4n) is 1.78. The van der Waals surface area contributed by atoms with E-state index in [0.29, 0.717) is 0 Å². The molecule has 0 aliphatic rings. The number of hydrogen-bond acceptors (Lipinski definition) is 4. The Morgan fingerprint density at radius 1 is 1.29 bits per heavy atom. The van der Waals surface area contributed by atoms with E-state index in [4.69, 9.17) is 5.11 Å². The summed E-state index contributed by atoms with van der Waals surface area (Å²) < 4.78 is 22.9. The van der Waals surface area contributed by atoms with E-state index in [1.807, 2.05) is 0 Å². The third-order valence-electron chi connectivity index (χ3n) is 3.13. The first-order valence-corrected chi connectivity index (χ1v) is 8.33. The van der Waals surface area contributed by atoms with Gasteiger partial charge in [-0.2, -0.15) is 0 Å². The van der Waals surface area contributed by atoms with E-state index in [9.17, 15) is 18.0 Å². The predicted octanol–water partition coefficient (Wildman–Crippen LogP) is 1.18. The van der Waals surface area contributed by atoms with Crippen molar-refractivity contribution in [3.05, 3.63) is 29.8 Å². The third-order valence-corrected chi connectivity index (χ3v) is 4.24. The highest BCUT2D eigenvalue weighted by atomic mass is 32.2. The molecule has 0 saturated heterocycles. The summed E-state index contributed by atoms with van der Waals surface area (Å²) in [6.07, 6.45) is 1.06. The molecule has 0 saturated carbocycles. The smallest absolute Gasteiger partial charge is 0.308 e. The van der Waals surface area contributed by atoms with Gasteiger partial charge in [0.1, 0.15) is 0 Å². The Labute approximate surface area is 124 Å². The molecule has 1 aromatic carbocycles. The molecule has 1 unspecified atom stereocenters. The van der Waals surface area contributed by atoms with Crippen LogP contribution in [0.3, 0.4) is 0 Å². The second-order valence-corrected chi connectivity index (χ2v) is 7.21. The van der Waals surface area contributed by atoms with Gasteiger partial charge in [0.25, 0.3) is 5.91 Å². The van der Waals surface area contributed by atoms with Crippen LogP contribution in [0.15, 0.2) is 29.2 Å². The third kappa shape index (κ3) is 4.86. The van der Waals surface area contributed by atoms with Crippen molar-refractivity contribution in [3.63, 3.8) is 0 Å². The van der Waals surface area contributed by atoms with Gasteiger partial charge in [-0.25, -0.2) is 8.42 Å². The summed E-state index contributed by atoms with van der Waals surface area (Å²) in [6, 6.07) is 5.63. The van der Waals surface area contributed by atoms with E-state index in [1.54, 1.807) is 13.8 Å². The molecule has 1 rings (SSSR count). The summed E-state index contributed by atoms with van der Waals surface area (Å²) in [5.74, 6) is -2.28. The number of nitrogens with one attached hydrogen (secondary N) is 1. The first-order valence-electron chi connectivity index (χ1n) is 6.44. The molecular formula is C14H19NO5S. The lowest BCUT2D eigenvalue weighted by Crippen LogP contribution is -2.35. The highest BCUT2D eigenvalue weighted by Crippen LogP contribution is 2.13. The molecule has 0 radical (unpaired) electrons. The standard InChI is InChI=1S/C14H19NO5S/c1-9(2)12(14(17)18)8-15-13(16)10-5-4-6-11(7-10)21(3,19)20/h4-7,9,12H,8H2,1-3H3,(H,15,16)(H,17,18). The van der Waals surface area contributed by atoms with Crippen LogP contribution in [-0.4, -0.2) is 38.2 Å². The van der Waals surface area contributed by atoms with Gasteiger partial charge in [-0.15, -0.1) is 0 Å². The fourth-order valence-corrected chi connectivity index (χ4v) is 2.45. The van der Waals surface area contributed by atoms with Crippen LogP contribution in [0.25, 0.3) is 0 Å². The van der Waals surface area contributed by atoms with Crippen LogP contribution in [-0.2, 0) is 14.6 Å². The monoisotopic (exact) mass is 313 g/mol. The molecule has 116 valence electrons. The SMILES string of the molecule is CC(C)C(CNC(=O)c1cccc(S(C)(=O)=O)c1)C(=O)O. The van der Waals surface area contributed by atoms with Crippen molar-refractivity contribution in [1.82, 2.24) is 5.32 Å². The molecule has 0 bridgehead atoms. The molecule has 0 spiro atoms. The van der Waals surface area contributed by atoms with Crippen molar-refractivity contribution in [3.8, 4) is 0 Å². The molecule has 0 aliphatic heterocycles. The second-order valence-electron chi connectivity index (χ2n) is 5.20. The minimum absolute atomic E-state index is 0.00502. The molecule has 0 aliphatic carbocycles. The van der Waals surface area contributed by atoms with Crippen molar-refractivity contribution in [2.45, 2.75) is 18.7 Å². The number of hydrogen-bond donors (Lipinski definition) is 2. The quantitative estimate of drug-likeness (QED) is 0.821. The lowest BCUT2D eigenvalue weighted by molar-refractivity contribution is -0.142. The molecule has 2 N–H and O–H groups in total. The Balaban J connectivity index is 2.84. The van der Waals surface area contributed by atoms with E-state index in [-0.39, 0.29) is 22.9 Å². The summed E-state index contributed by atoms with van der Waals surface area (Å²) in [6.45, 7) is 3.51. The number of sulfone groups is 1. The lowest BCUT2D eigenvalue weighted by Gasteiger charge is -2.16. The maximum absolute atomic E-state index is 12.0. The summed E-state index contributed by atoms with van der Waals surface area (Å²) in [5, 5.41) is 11.6. The van der Waals surface area contributed by atoms with E-state index in [0.717, 1.165) is 6.26 Å². The van der Waals surface area contributed by atoms with Crippen molar-refractivity contribution in [1.29, 1.82) is 0 Å². The fraction of sp³-hybridized carbons (Fsp3) is 0.429. The molecule has 0 aromatic heterocycles. The van der Waals surface area contributed by atoms with Crippen LogP contribution >= 0.6 is 0 Å². The summed E-state index contributed by atoms with van der Waals surface area (Å²) in [5.41, 5.74) is 0.186. The number of carbonyl (C=O) groups is 2. The van der Waals surface area contributed by atoms with Gasteiger partial charge in [0, 0.05) is 18.4 Å². The predicted molar refractivity (Wildman–Crippen MR) is 77.8 cm³/mol. The highest BCUT2D eigenvalue weighted by molar-refractivity contribution is 7.90. The number of rotatable bonds is 6. The summed E-state index contributed by atoms with van der Waals surface area (Å²) in [4.78, 5) is 23.1. The molecule has 0 fully saturated rings. The Kier molecular flexibility index (Phi) is 5.48. The van der Waals surface area contributed by atoms with Crippen LogP contribution in [0.4, 0.5) is 0 Å². The lowest BCUT2D eigenvalue weighted by atomic mass is 9.96. The number of carboxylic acid groups (broad SMARTS) is 1. The van der Waals surface area contributed by atoms with E-state index in [2.05, 4.69) is 5.32 Å². The Hall–Kier alpha value is -1.89.